The summed E-state index contributed by atoms with van der Waals surface area (Å²) in [6.45, 7) is 0.649. The Balaban J connectivity index is 1.91. The highest BCUT2D eigenvalue weighted by atomic mass is 79.9. The lowest BCUT2D eigenvalue weighted by molar-refractivity contribution is 0.292. The zero-order valence-electron chi connectivity index (χ0n) is 13.9. The number of rotatable bonds is 7. The molecule has 0 radical (unpaired) electrons. The van der Waals surface area contributed by atoms with E-state index < -0.39 is 0 Å². The molecule has 7 heteroatoms. The van der Waals surface area contributed by atoms with Crippen LogP contribution in [0.3, 0.4) is 0 Å². The molecule has 26 heavy (non-hydrogen) atoms. The molecule has 134 valence electrons. The van der Waals surface area contributed by atoms with Gasteiger partial charge in [-0.05, 0) is 40.5 Å². The van der Waals surface area contributed by atoms with Crippen molar-refractivity contribution < 1.29 is 9.50 Å². The van der Waals surface area contributed by atoms with Crippen LogP contribution in [0.2, 0.25) is 0 Å². The molecule has 0 aliphatic rings. The SMILES string of the molecule is OCCCNc1nc(Nc2ccc(Br)c(F)c2)cc(-c2ccccc2)n1. The molecule has 0 bridgehead atoms. The molecule has 0 unspecified atom stereocenters. The first kappa shape index (κ1) is 18.3. The average Bonchev–Trinajstić information content (AvgIpc) is 2.66. The van der Waals surface area contributed by atoms with Gasteiger partial charge in [0.05, 0.1) is 10.2 Å². The fourth-order valence-electron chi connectivity index (χ4n) is 2.35. The number of aliphatic hydroxyl groups excluding tert-OH is 1. The first-order valence-corrected chi connectivity index (χ1v) is 8.96. The number of hydrogen-bond acceptors (Lipinski definition) is 5. The molecule has 3 rings (SSSR count). The summed E-state index contributed by atoms with van der Waals surface area (Å²) in [6, 6.07) is 16.3. The van der Waals surface area contributed by atoms with Crippen LogP contribution in [0.5, 0.6) is 0 Å². The molecular formula is C19H18BrFN4O. The lowest BCUT2D eigenvalue weighted by Crippen LogP contribution is -2.08. The zero-order chi connectivity index (χ0) is 18.4. The Bertz CT molecular complexity index is 877. The first-order chi connectivity index (χ1) is 12.7. The van der Waals surface area contributed by atoms with Gasteiger partial charge in [-0.15, -0.1) is 0 Å². The minimum absolute atomic E-state index is 0.0919. The van der Waals surface area contributed by atoms with Gasteiger partial charge in [-0.2, -0.15) is 4.98 Å². The maximum Gasteiger partial charge on any atom is 0.225 e. The van der Waals surface area contributed by atoms with E-state index in [2.05, 4.69) is 36.5 Å². The second kappa shape index (κ2) is 8.73. The number of nitrogens with zero attached hydrogens (tertiary/aromatic N) is 2. The van der Waals surface area contributed by atoms with Crippen molar-refractivity contribution in [3.8, 4) is 11.3 Å². The van der Waals surface area contributed by atoms with Crippen LogP contribution in [0.25, 0.3) is 11.3 Å². The third-order valence-corrected chi connectivity index (χ3v) is 4.25. The zero-order valence-corrected chi connectivity index (χ0v) is 15.5. The Labute approximate surface area is 159 Å². The molecule has 0 amide bonds. The summed E-state index contributed by atoms with van der Waals surface area (Å²) in [6.07, 6.45) is 0.597. The molecule has 0 aliphatic carbocycles. The van der Waals surface area contributed by atoms with Crippen LogP contribution in [0.1, 0.15) is 6.42 Å². The monoisotopic (exact) mass is 416 g/mol. The highest BCUT2D eigenvalue weighted by Gasteiger charge is 2.08. The normalized spacial score (nSPS) is 10.6. The minimum atomic E-state index is -0.353. The van der Waals surface area contributed by atoms with Crippen molar-refractivity contribution in [3.05, 3.63) is 64.9 Å². The summed E-state index contributed by atoms with van der Waals surface area (Å²) >= 11 is 3.15. The Kier molecular flexibility index (Phi) is 6.14. The number of anilines is 3. The van der Waals surface area contributed by atoms with Gasteiger partial charge in [0.1, 0.15) is 11.6 Å². The quantitative estimate of drug-likeness (QED) is 0.491. The second-order valence-electron chi connectivity index (χ2n) is 5.59. The molecule has 3 aromatic rings. The Hall–Kier alpha value is -2.51. The van der Waals surface area contributed by atoms with Gasteiger partial charge in [-0.1, -0.05) is 30.3 Å². The molecule has 0 saturated carbocycles. The summed E-state index contributed by atoms with van der Waals surface area (Å²) < 4.78 is 14.2. The predicted molar refractivity (Wildman–Crippen MR) is 105 cm³/mol. The van der Waals surface area contributed by atoms with Gasteiger partial charge < -0.3 is 15.7 Å². The van der Waals surface area contributed by atoms with Crippen LogP contribution in [0, 0.1) is 5.82 Å². The van der Waals surface area contributed by atoms with Crippen LogP contribution < -0.4 is 10.6 Å². The summed E-state index contributed by atoms with van der Waals surface area (Å²) in [5.74, 6) is 0.639. The van der Waals surface area contributed by atoms with Crippen molar-refractivity contribution in [2.24, 2.45) is 0 Å². The molecule has 5 nitrogen and oxygen atoms in total. The molecule has 1 heterocycles. The van der Waals surface area contributed by atoms with E-state index in [1.54, 1.807) is 12.1 Å². The number of hydrogen-bond donors (Lipinski definition) is 3. The average molecular weight is 417 g/mol. The third-order valence-electron chi connectivity index (χ3n) is 3.61. The standard InChI is InChI=1S/C19H18BrFN4O/c20-15-8-7-14(11-16(15)21)23-18-12-17(13-5-2-1-3-6-13)24-19(25-18)22-9-4-10-26/h1-3,5-8,11-12,26H,4,9-10H2,(H2,22,23,24,25). The van der Waals surface area contributed by atoms with E-state index in [1.165, 1.54) is 6.07 Å². The highest BCUT2D eigenvalue weighted by molar-refractivity contribution is 9.10. The maximum absolute atomic E-state index is 13.8. The molecular weight excluding hydrogens is 399 g/mol. The van der Waals surface area contributed by atoms with Gasteiger partial charge >= 0.3 is 0 Å². The van der Waals surface area contributed by atoms with Crippen LogP contribution in [0.4, 0.5) is 21.8 Å². The topological polar surface area (TPSA) is 70.1 Å². The molecule has 3 N–H and O–H groups in total. The van der Waals surface area contributed by atoms with Crippen molar-refractivity contribution in [2.45, 2.75) is 6.42 Å². The van der Waals surface area contributed by atoms with Crippen LogP contribution >= 0.6 is 15.9 Å². The summed E-state index contributed by atoms with van der Waals surface area (Å²) in [4.78, 5) is 8.95. The van der Waals surface area contributed by atoms with E-state index in [9.17, 15) is 4.39 Å². The lowest BCUT2D eigenvalue weighted by atomic mass is 10.1. The largest absolute Gasteiger partial charge is 0.396 e. The number of nitrogens with one attached hydrogen (secondary N) is 2. The van der Waals surface area contributed by atoms with E-state index in [0.29, 0.717) is 34.9 Å². The summed E-state index contributed by atoms with van der Waals surface area (Å²) in [5.41, 5.74) is 2.28. The number of halogens is 2. The van der Waals surface area contributed by atoms with Gasteiger partial charge in [0.15, 0.2) is 0 Å². The minimum Gasteiger partial charge on any atom is -0.396 e. The van der Waals surface area contributed by atoms with Gasteiger partial charge in [0.2, 0.25) is 5.95 Å². The number of aromatic nitrogens is 2. The van der Waals surface area contributed by atoms with Crippen molar-refractivity contribution in [1.29, 1.82) is 0 Å². The number of benzene rings is 2. The number of aliphatic hydroxyl groups is 1. The molecule has 0 aliphatic heterocycles. The molecule has 1 aromatic heterocycles. The fraction of sp³-hybridized carbons (Fsp3) is 0.158. The van der Waals surface area contributed by atoms with Gasteiger partial charge in [-0.25, -0.2) is 9.37 Å². The Morgan fingerprint density at radius 2 is 1.85 bits per heavy atom. The van der Waals surface area contributed by atoms with E-state index >= 15 is 0 Å². The predicted octanol–water partition coefficient (Wildman–Crippen LogP) is 4.58. The van der Waals surface area contributed by atoms with E-state index in [0.717, 1.165) is 11.3 Å². The third kappa shape index (κ3) is 4.77. The van der Waals surface area contributed by atoms with Crippen molar-refractivity contribution >= 4 is 33.4 Å². The molecule has 0 spiro atoms. The summed E-state index contributed by atoms with van der Waals surface area (Å²) in [5, 5.41) is 15.2. The Morgan fingerprint density at radius 1 is 1.04 bits per heavy atom. The van der Waals surface area contributed by atoms with E-state index in [4.69, 9.17) is 5.11 Å². The molecule has 2 aromatic carbocycles. The molecule has 0 fully saturated rings. The second-order valence-corrected chi connectivity index (χ2v) is 6.44. The van der Waals surface area contributed by atoms with Crippen molar-refractivity contribution in [3.63, 3.8) is 0 Å². The van der Waals surface area contributed by atoms with Crippen molar-refractivity contribution in [2.75, 3.05) is 23.8 Å². The maximum atomic E-state index is 13.8. The molecule has 0 saturated heterocycles. The summed E-state index contributed by atoms with van der Waals surface area (Å²) in [7, 11) is 0. The van der Waals surface area contributed by atoms with Gasteiger partial charge in [0.25, 0.3) is 0 Å². The first-order valence-electron chi connectivity index (χ1n) is 8.17. The van der Waals surface area contributed by atoms with Crippen LogP contribution in [-0.2, 0) is 0 Å². The van der Waals surface area contributed by atoms with Crippen molar-refractivity contribution in [1.82, 2.24) is 9.97 Å². The van der Waals surface area contributed by atoms with Gasteiger partial charge in [-0.3, -0.25) is 0 Å². The molecule has 0 atom stereocenters. The van der Waals surface area contributed by atoms with Crippen LogP contribution in [-0.4, -0.2) is 28.2 Å². The van der Waals surface area contributed by atoms with E-state index in [1.807, 2.05) is 36.4 Å². The smallest absolute Gasteiger partial charge is 0.225 e. The highest BCUT2D eigenvalue weighted by Crippen LogP contribution is 2.25. The van der Waals surface area contributed by atoms with Crippen LogP contribution in [0.15, 0.2) is 59.1 Å². The Morgan fingerprint density at radius 3 is 2.58 bits per heavy atom. The lowest BCUT2D eigenvalue weighted by Gasteiger charge is -2.11. The van der Waals surface area contributed by atoms with E-state index in [-0.39, 0.29) is 12.4 Å². The van der Waals surface area contributed by atoms with Gasteiger partial charge in [0, 0.05) is 30.5 Å². The fourth-order valence-corrected chi connectivity index (χ4v) is 2.59.